The molecule has 6 nitrogen and oxygen atoms in total. The van der Waals surface area contributed by atoms with Crippen LogP contribution in [0, 0.1) is 0 Å². The average molecular weight is 423 g/mol. The smallest absolute Gasteiger partial charge is 0.313 e. The number of esters is 1. The highest BCUT2D eigenvalue weighted by Crippen LogP contribution is 2.26. The SMILES string of the molecule is CC(C)(C)OC(=O)Cc1nc(-c2ccc(S(=O)(=O)N3CCCCC3)cc2)cs1. The van der Waals surface area contributed by atoms with Gasteiger partial charge in [-0.05, 0) is 45.7 Å². The second kappa shape index (κ2) is 8.31. The van der Waals surface area contributed by atoms with Crippen LogP contribution < -0.4 is 0 Å². The van der Waals surface area contributed by atoms with E-state index in [2.05, 4.69) is 4.98 Å². The van der Waals surface area contributed by atoms with Gasteiger partial charge in [0.15, 0.2) is 0 Å². The van der Waals surface area contributed by atoms with Gasteiger partial charge in [0.2, 0.25) is 10.0 Å². The van der Waals surface area contributed by atoms with Gasteiger partial charge in [-0.3, -0.25) is 4.79 Å². The van der Waals surface area contributed by atoms with Crippen LogP contribution >= 0.6 is 11.3 Å². The summed E-state index contributed by atoms with van der Waals surface area (Å²) in [6, 6.07) is 6.80. The minimum absolute atomic E-state index is 0.128. The maximum absolute atomic E-state index is 12.7. The van der Waals surface area contributed by atoms with Crippen LogP contribution in [0.25, 0.3) is 11.3 Å². The van der Waals surface area contributed by atoms with Gasteiger partial charge >= 0.3 is 5.97 Å². The molecule has 0 radical (unpaired) electrons. The lowest BCUT2D eigenvalue weighted by Crippen LogP contribution is -2.35. The Hall–Kier alpha value is -1.77. The van der Waals surface area contributed by atoms with Gasteiger partial charge in [-0.25, -0.2) is 13.4 Å². The lowest BCUT2D eigenvalue weighted by molar-refractivity contribution is -0.153. The Morgan fingerprint density at radius 3 is 2.39 bits per heavy atom. The van der Waals surface area contributed by atoms with E-state index in [1.165, 1.54) is 11.3 Å². The molecular weight excluding hydrogens is 396 g/mol. The summed E-state index contributed by atoms with van der Waals surface area (Å²) in [6.45, 7) is 6.67. The van der Waals surface area contributed by atoms with E-state index in [-0.39, 0.29) is 12.4 Å². The largest absolute Gasteiger partial charge is 0.460 e. The molecule has 152 valence electrons. The molecule has 8 heteroatoms. The second-order valence-electron chi connectivity index (χ2n) is 7.88. The van der Waals surface area contributed by atoms with Crippen LogP contribution in [0.2, 0.25) is 0 Å². The second-order valence-corrected chi connectivity index (χ2v) is 10.8. The van der Waals surface area contributed by atoms with Gasteiger partial charge in [0.25, 0.3) is 0 Å². The molecule has 2 aromatic rings. The van der Waals surface area contributed by atoms with Gasteiger partial charge in [0, 0.05) is 24.0 Å². The van der Waals surface area contributed by atoms with Crippen LogP contribution in [0.1, 0.15) is 45.0 Å². The normalized spacial score (nSPS) is 16.1. The van der Waals surface area contributed by atoms with Crippen LogP contribution in [0.3, 0.4) is 0 Å². The molecule has 0 saturated carbocycles. The van der Waals surface area contributed by atoms with Crippen LogP contribution in [-0.4, -0.2) is 42.4 Å². The first kappa shape index (κ1) is 21.0. The molecular formula is C20H26N2O4S2. The Kier molecular flexibility index (Phi) is 6.21. The maximum atomic E-state index is 12.7. The molecule has 0 aliphatic carbocycles. The minimum Gasteiger partial charge on any atom is -0.460 e. The van der Waals surface area contributed by atoms with Crippen molar-refractivity contribution in [2.75, 3.05) is 13.1 Å². The van der Waals surface area contributed by atoms with E-state index in [1.54, 1.807) is 28.6 Å². The van der Waals surface area contributed by atoms with Crippen molar-refractivity contribution < 1.29 is 17.9 Å². The zero-order chi connectivity index (χ0) is 20.4. The fraction of sp³-hybridized carbons (Fsp3) is 0.500. The molecule has 0 spiro atoms. The quantitative estimate of drug-likeness (QED) is 0.684. The third kappa shape index (κ3) is 5.18. The fourth-order valence-corrected chi connectivity index (χ4v) is 5.38. The number of carbonyl (C=O) groups is 1. The predicted octanol–water partition coefficient (Wildman–Crippen LogP) is 3.87. The van der Waals surface area contributed by atoms with Gasteiger partial charge in [0.1, 0.15) is 10.6 Å². The molecule has 1 aliphatic rings. The molecule has 0 N–H and O–H groups in total. The molecule has 0 atom stereocenters. The zero-order valence-corrected chi connectivity index (χ0v) is 18.1. The Bertz CT molecular complexity index is 922. The number of aromatic nitrogens is 1. The summed E-state index contributed by atoms with van der Waals surface area (Å²) >= 11 is 1.39. The lowest BCUT2D eigenvalue weighted by atomic mass is 10.2. The summed E-state index contributed by atoms with van der Waals surface area (Å²) < 4.78 is 32.4. The average Bonchev–Trinajstić information content (AvgIpc) is 3.09. The van der Waals surface area contributed by atoms with Gasteiger partial charge in [-0.15, -0.1) is 11.3 Å². The van der Waals surface area contributed by atoms with Gasteiger partial charge in [0.05, 0.1) is 17.0 Å². The van der Waals surface area contributed by atoms with E-state index in [1.807, 2.05) is 26.2 Å². The number of hydrogen-bond donors (Lipinski definition) is 0. The molecule has 28 heavy (non-hydrogen) atoms. The molecule has 0 unspecified atom stereocenters. The maximum Gasteiger partial charge on any atom is 0.313 e. The number of hydrogen-bond acceptors (Lipinski definition) is 6. The Morgan fingerprint density at radius 2 is 1.79 bits per heavy atom. The van der Waals surface area contributed by atoms with Crippen molar-refractivity contribution in [3.8, 4) is 11.3 Å². The van der Waals surface area contributed by atoms with Crippen LogP contribution in [0.5, 0.6) is 0 Å². The molecule has 1 aromatic carbocycles. The first-order valence-corrected chi connectivity index (χ1v) is 11.7. The predicted molar refractivity (Wildman–Crippen MR) is 110 cm³/mol. The van der Waals surface area contributed by atoms with Crippen molar-refractivity contribution in [3.63, 3.8) is 0 Å². The minimum atomic E-state index is -3.43. The van der Waals surface area contributed by atoms with E-state index in [0.29, 0.717) is 23.0 Å². The highest BCUT2D eigenvalue weighted by Gasteiger charge is 2.26. The van der Waals surface area contributed by atoms with E-state index in [0.717, 1.165) is 30.5 Å². The number of benzene rings is 1. The van der Waals surface area contributed by atoms with Gasteiger partial charge in [-0.2, -0.15) is 4.31 Å². The summed E-state index contributed by atoms with van der Waals surface area (Å²) in [5.41, 5.74) is 1.03. The third-order valence-corrected chi connectivity index (χ3v) is 7.13. The Balaban J connectivity index is 1.70. The number of thiazole rings is 1. The number of rotatable bonds is 5. The molecule has 1 aliphatic heterocycles. The molecule has 3 rings (SSSR count). The highest BCUT2D eigenvalue weighted by molar-refractivity contribution is 7.89. The molecule has 1 saturated heterocycles. The van der Waals surface area contributed by atoms with Crippen molar-refractivity contribution >= 4 is 27.3 Å². The van der Waals surface area contributed by atoms with Crippen molar-refractivity contribution in [2.24, 2.45) is 0 Å². The molecule has 2 heterocycles. The van der Waals surface area contributed by atoms with Crippen molar-refractivity contribution in [1.82, 2.24) is 9.29 Å². The summed E-state index contributed by atoms with van der Waals surface area (Å²) in [4.78, 5) is 16.8. The van der Waals surface area contributed by atoms with Crippen molar-refractivity contribution in [1.29, 1.82) is 0 Å². The number of sulfonamides is 1. The van der Waals surface area contributed by atoms with Crippen molar-refractivity contribution in [3.05, 3.63) is 34.7 Å². The highest BCUT2D eigenvalue weighted by atomic mass is 32.2. The molecule has 1 fully saturated rings. The number of carbonyl (C=O) groups excluding carboxylic acids is 1. The van der Waals surface area contributed by atoms with Gasteiger partial charge in [-0.1, -0.05) is 18.6 Å². The van der Waals surface area contributed by atoms with E-state index in [9.17, 15) is 13.2 Å². The van der Waals surface area contributed by atoms with E-state index >= 15 is 0 Å². The lowest BCUT2D eigenvalue weighted by Gasteiger charge is -2.25. The molecule has 0 amide bonds. The first-order chi connectivity index (χ1) is 13.1. The molecule has 1 aromatic heterocycles. The van der Waals surface area contributed by atoms with Crippen LogP contribution in [-0.2, 0) is 26.0 Å². The third-order valence-electron chi connectivity index (χ3n) is 4.37. The molecule has 0 bridgehead atoms. The fourth-order valence-electron chi connectivity index (χ4n) is 3.08. The number of piperidine rings is 1. The van der Waals surface area contributed by atoms with Crippen LogP contribution in [0.15, 0.2) is 34.5 Å². The van der Waals surface area contributed by atoms with Crippen molar-refractivity contribution in [2.45, 2.75) is 57.0 Å². The monoisotopic (exact) mass is 422 g/mol. The summed E-state index contributed by atoms with van der Waals surface area (Å²) in [7, 11) is -3.43. The van der Waals surface area contributed by atoms with E-state index < -0.39 is 15.6 Å². The number of nitrogens with zero attached hydrogens (tertiary/aromatic N) is 2. The summed E-state index contributed by atoms with van der Waals surface area (Å²) in [5.74, 6) is -0.309. The first-order valence-electron chi connectivity index (χ1n) is 9.42. The topological polar surface area (TPSA) is 76.6 Å². The van der Waals surface area contributed by atoms with Gasteiger partial charge < -0.3 is 4.74 Å². The Morgan fingerprint density at radius 1 is 1.14 bits per heavy atom. The van der Waals surface area contributed by atoms with E-state index in [4.69, 9.17) is 4.74 Å². The summed E-state index contributed by atoms with van der Waals surface area (Å²) in [5, 5.41) is 2.54. The Labute approximate surface area is 170 Å². The number of ether oxygens (including phenoxy) is 1. The standard InChI is InChI=1S/C20H26N2O4S2/c1-20(2,3)26-19(23)13-18-21-17(14-27-18)15-7-9-16(10-8-15)28(24,25)22-11-5-4-6-12-22/h7-10,14H,4-6,11-13H2,1-3H3. The van der Waals surface area contributed by atoms with Crippen LogP contribution in [0.4, 0.5) is 0 Å². The summed E-state index contributed by atoms with van der Waals surface area (Å²) in [6.07, 6.45) is 3.04. The zero-order valence-electron chi connectivity index (χ0n) is 16.5.